The molecule has 2 heterocycles. The van der Waals surface area contributed by atoms with Gasteiger partial charge in [-0.25, -0.2) is 8.78 Å². The van der Waals surface area contributed by atoms with Gasteiger partial charge < -0.3 is 14.8 Å². The minimum Gasteiger partial charge on any atom is -0.334 e. The van der Waals surface area contributed by atoms with Gasteiger partial charge in [0.05, 0.1) is 12.2 Å². The van der Waals surface area contributed by atoms with Crippen molar-refractivity contribution in [2.24, 2.45) is 0 Å². The van der Waals surface area contributed by atoms with Crippen molar-refractivity contribution in [3.63, 3.8) is 0 Å². The van der Waals surface area contributed by atoms with Gasteiger partial charge in [-0.1, -0.05) is 0 Å². The maximum atomic E-state index is 13.5. The molecule has 2 amide bonds. The summed E-state index contributed by atoms with van der Waals surface area (Å²) in [5, 5.41) is 2.45. The fourth-order valence-corrected chi connectivity index (χ4v) is 2.26. The van der Waals surface area contributed by atoms with Crippen LogP contribution in [0, 0.1) is 5.82 Å². The van der Waals surface area contributed by atoms with Crippen LogP contribution in [0.4, 0.5) is 14.5 Å². The van der Waals surface area contributed by atoms with Crippen LogP contribution in [0.2, 0.25) is 0 Å². The quantitative estimate of drug-likeness (QED) is 0.881. The highest BCUT2D eigenvalue weighted by Gasteiger charge is 2.33. The number of nitrogens with zero attached hydrogens (tertiary/aromatic N) is 2. The van der Waals surface area contributed by atoms with Crippen LogP contribution < -0.4 is 10.9 Å². The Morgan fingerprint density at radius 3 is 2.76 bits per heavy atom. The van der Waals surface area contributed by atoms with E-state index in [1.165, 1.54) is 18.1 Å². The standard InChI is InChI=1S/C13H15F2N3O3/c1-17-10(2-3-11(17)19)12(20)16-8-6-9(15)13(21)18(7-8)5-4-14/h6-7,10H,2-5H2,1H3,(H,16,20). The van der Waals surface area contributed by atoms with Crippen LogP contribution in [-0.2, 0) is 16.1 Å². The molecule has 1 aromatic rings. The van der Waals surface area contributed by atoms with Crippen molar-refractivity contribution in [2.45, 2.75) is 25.4 Å². The van der Waals surface area contributed by atoms with Gasteiger partial charge in [0.1, 0.15) is 12.7 Å². The Bertz CT molecular complexity index is 630. The summed E-state index contributed by atoms with van der Waals surface area (Å²) < 4.78 is 26.6. The normalized spacial score (nSPS) is 18.1. The van der Waals surface area contributed by atoms with Crippen molar-refractivity contribution < 1.29 is 18.4 Å². The lowest BCUT2D eigenvalue weighted by Crippen LogP contribution is -2.39. The van der Waals surface area contributed by atoms with Crippen LogP contribution in [0.3, 0.4) is 0 Å². The summed E-state index contributed by atoms with van der Waals surface area (Å²) in [4.78, 5) is 36.2. The zero-order chi connectivity index (χ0) is 15.6. The number of rotatable bonds is 4. The summed E-state index contributed by atoms with van der Waals surface area (Å²) in [5.41, 5.74) is -0.892. The molecular formula is C13H15F2N3O3. The Morgan fingerprint density at radius 1 is 1.48 bits per heavy atom. The van der Waals surface area contributed by atoms with Gasteiger partial charge in [-0.3, -0.25) is 14.4 Å². The number of amides is 2. The number of anilines is 1. The Hall–Kier alpha value is -2.25. The second kappa shape index (κ2) is 6.02. The predicted octanol–water partition coefficient (Wildman–Crippen LogP) is 0.516. The Balaban J connectivity index is 2.18. The molecule has 0 saturated carbocycles. The average molecular weight is 299 g/mol. The van der Waals surface area contributed by atoms with Gasteiger partial charge >= 0.3 is 0 Å². The SMILES string of the molecule is CN1C(=O)CCC1C(=O)Nc1cc(F)c(=O)n(CCF)c1. The lowest BCUT2D eigenvalue weighted by atomic mass is 10.2. The van der Waals surface area contributed by atoms with Crippen LogP contribution in [-0.4, -0.2) is 41.0 Å². The first kappa shape index (κ1) is 15.1. The summed E-state index contributed by atoms with van der Waals surface area (Å²) in [6.07, 6.45) is 1.84. The number of hydrogen-bond donors (Lipinski definition) is 1. The largest absolute Gasteiger partial charge is 0.334 e. The first-order valence-corrected chi connectivity index (χ1v) is 6.46. The van der Waals surface area contributed by atoms with Crippen LogP contribution >= 0.6 is 0 Å². The molecule has 1 aliphatic rings. The summed E-state index contributed by atoms with van der Waals surface area (Å²) in [6.45, 7) is -1.11. The molecule has 1 unspecified atom stereocenters. The van der Waals surface area contributed by atoms with Gasteiger partial charge in [-0.15, -0.1) is 0 Å². The van der Waals surface area contributed by atoms with Crippen LogP contribution in [0.5, 0.6) is 0 Å². The molecule has 2 rings (SSSR count). The molecule has 1 aliphatic heterocycles. The number of nitrogens with one attached hydrogen (secondary N) is 1. The van der Waals surface area contributed by atoms with Crippen molar-refractivity contribution in [1.29, 1.82) is 0 Å². The van der Waals surface area contributed by atoms with Crippen LogP contribution in [0.15, 0.2) is 17.1 Å². The molecule has 1 atom stereocenters. The molecule has 0 spiro atoms. The highest BCUT2D eigenvalue weighted by molar-refractivity contribution is 5.98. The second-order valence-corrected chi connectivity index (χ2v) is 4.81. The minimum absolute atomic E-state index is 0.0540. The average Bonchev–Trinajstić information content (AvgIpc) is 2.76. The molecule has 0 aromatic carbocycles. The van der Waals surface area contributed by atoms with E-state index in [2.05, 4.69) is 5.32 Å². The molecule has 0 bridgehead atoms. The van der Waals surface area contributed by atoms with Gasteiger partial charge in [0.15, 0.2) is 5.82 Å². The van der Waals surface area contributed by atoms with Crippen molar-refractivity contribution >= 4 is 17.5 Å². The molecule has 1 aromatic heterocycles. The summed E-state index contributed by atoms with van der Waals surface area (Å²) in [5.74, 6) is -1.67. The van der Waals surface area contributed by atoms with Gasteiger partial charge in [0.25, 0.3) is 5.56 Å². The number of aromatic nitrogens is 1. The topological polar surface area (TPSA) is 71.4 Å². The van der Waals surface area contributed by atoms with Crippen molar-refractivity contribution in [2.75, 3.05) is 19.0 Å². The zero-order valence-corrected chi connectivity index (χ0v) is 11.4. The Morgan fingerprint density at radius 2 is 2.19 bits per heavy atom. The van der Waals surface area contributed by atoms with E-state index in [9.17, 15) is 23.2 Å². The number of hydrogen-bond acceptors (Lipinski definition) is 3. The molecular weight excluding hydrogens is 284 g/mol. The Kier molecular flexibility index (Phi) is 4.35. The van der Waals surface area contributed by atoms with Gasteiger partial charge in [0, 0.05) is 25.7 Å². The number of pyridine rings is 1. The number of halogens is 2. The number of alkyl halides is 1. The van der Waals surface area contributed by atoms with Crippen molar-refractivity contribution in [3.8, 4) is 0 Å². The van der Waals surface area contributed by atoms with E-state index in [4.69, 9.17) is 0 Å². The van der Waals surface area contributed by atoms with E-state index >= 15 is 0 Å². The van der Waals surface area contributed by atoms with Crippen LogP contribution in [0.1, 0.15) is 12.8 Å². The van der Waals surface area contributed by atoms with Gasteiger partial charge in [-0.05, 0) is 6.42 Å². The monoisotopic (exact) mass is 299 g/mol. The molecule has 6 nitrogen and oxygen atoms in total. The Labute approximate surface area is 119 Å². The zero-order valence-electron chi connectivity index (χ0n) is 11.4. The summed E-state index contributed by atoms with van der Waals surface area (Å²) in [7, 11) is 1.52. The molecule has 0 aliphatic carbocycles. The van der Waals surface area contributed by atoms with Gasteiger partial charge in [-0.2, -0.15) is 0 Å². The van der Waals surface area contributed by atoms with E-state index in [-0.39, 0.29) is 24.6 Å². The van der Waals surface area contributed by atoms with Crippen molar-refractivity contribution in [1.82, 2.24) is 9.47 Å². The predicted molar refractivity (Wildman–Crippen MR) is 71.1 cm³/mol. The lowest BCUT2D eigenvalue weighted by molar-refractivity contribution is -0.131. The van der Waals surface area contributed by atoms with E-state index in [0.717, 1.165) is 10.6 Å². The number of likely N-dealkylation sites (N-methyl/N-ethyl adjacent to an activating group) is 1. The first-order valence-electron chi connectivity index (χ1n) is 6.46. The smallest absolute Gasteiger partial charge is 0.286 e. The van der Waals surface area contributed by atoms with E-state index in [0.29, 0.717) is 6.42 Å². The lowest BCUT2D eigenvalue weighted by Gasteiger charge is -2.19. The molecule has 1 saturated heterocycles. The third-order valence-electron chi connectivity index (χ3n) is 3.43. The van der Waals surface area contributed by atoms with E-state index < -0.39 is 30.0 Å². The molecule has 0 radical (unpaired) electrons. The number of carbonyl (C=O) groups excluding carboxylic acids is 2. The fraction of sp³-hybridized carbons (Fsp3) is 0.462. The summed E-state index contributed by atoms with van der Waals surface area (Å²) in [6, 6.07) is 0.258. The first-order chi connectivity index (χ1) is 9.93. The molecule has 114 valence electrons. The highest BCUT2D eigenvalue weighted by atomic mass is 19.1. The highest BCUT2D eigenvalue weighted by Crippen LogP contribution is 2.18. The van der Waals surface area contributed by atoms with E-state index in [1.54, 1.807) is 0 Å². The maximum absolute atomic E-state index is 13.5. The van der Waals surface area contributed by atoms with Crippen LogP contribution in [0.25, 0.3) is 0 Å². The third kappa shape index (κ3) is 3.09. The summed E-state index contributed by atoms with van der Waals surface area (Å²) >= 11 is 0. The molecule has 8 heteroatoms. The fourth-order valence-electron chi connectivity index (χ4n) is 2.26. The molecule has 1 N–H and O–H groups in total. The number of carbonyl (C=O) groups is 2. The van der Waals surface area contributed by atoms with Crippen molar-refractivity contribution in [3.05, 3.63) is 28.4 Å². The number of aryl methyl sites for hydroxylation is 1. The second-order valence-electron chi connectivity index (χ2n) is 4.81. The minimum atomic E-state index is -1.07. The van der Waals surface area contributed by atoms with Gasteiger partial charge in [0.2, 0.25) is 11.8 Å². The van der Waals surface area contributed by atoms with E-state index in [1.807, 2.05) is 0 Å². The molecule has 1 fully saturated rings. The number of likely N-dealkylation sites (tertiary alicyclic amines) is 1. The molecule has 21 heavy (non-hydrogen) atoms. The maximum Gasteiger partial charge on any atom is 0.286 e. The third-order valence-corrected chi connectivity index (χ3v) is 3.43.